The van der Waals surface area contributed by atoms with Gasteiger partial charge in [0.05, 0.1) is 5.92 Å². The first-order valence-corrected chi connectivity index (χ1v) is 6.17. The Hall–Kier alpha value is -1.36. The molecule has 0 atom stereocenters. The Morgan fingerprint density at radius 2 is 2.12 bits per heavy atom. The predicted molar refractivity (Wildman–Crippen MR) is 68.5 cm³/mol. The van der Waals surface area contributed by atoms with Crippen LogP contribution in [0.15, 0.2) is 28.7 Å². The molecule has 0 saturated carbocycles. The molecule has 17 heavy (non-hydrogen) atoms. The Kier molecular flexibility index (Phi) is 3.47. The van der Waals surface area contributed by atoms with Crippen LogP contribution in [0.4, 0.5) is 5.69 Å². The molecule has 0 aromatic heterocycles. The second-order valence-electron chi connectivity index (χ2n) is 4.12. The molecule has 0 aliphatic carbocycles. The lowest BCUT2D eigenvalue weighted by atomic mass is 9.99. The number of anilines is 1. The number of benzene rings is 1. The molecule has 1 aromatic rings. The average Bonchev–Trinajstić information content (AvgIpc) is 2.13. The zero-order valence-corrected chi connectivity index (χ0v) is 11.0. The van der Waals surface area contributed by atoms with E-state index in [2.05, 4.69) is 21.2 Å². The fourth-order valence-corrected chi connectivity index (χ4v) is 2.11. The zero-order valence-electron chi connectivity index (χ0n) is 9.44. The highest BCUT2D eigenvalue weighted by Gasteiger charge is 2.33. The van der Waals surface area contributed by atoms with E-state index < -0.39 is 0 Å². The van der Waals surface area contributed by atoms with Crippen molar-refractivity contribution in [3.63, 3.8) is 0 Å². The van der Waals surface area contributed by atoms with Gasteiger partial charge in [0.1, 0.15) is 0 Å². The van der Waals surface area contributed by atoms with Crippen molar-refractivity contribution in [3.8, 4) is 0 Å². The highest BCUT2D eigenvalue weighted by Crippen LogP contribution is 2.20. The molecule has 1 saturated heterocycles. The molecule has 4 nitrogen and oxygen atoms in total. The summed E-state index contributed by atoms with van der Waals surface area (Å²) in [5, 5.41) is 2.84. The number of amides is 2. The largest absolute Gasteiger partial charge is 0.341 e. The number of nitrogens with one attached hydrogen (secondary N) is 1. The lowest BCUT2D eigenvalue weighted by molar-refractivity contribution is -0.139. The van der Waals surface area contributed by atoms with Gasteiger partial charge in [-0.25, -0.2) is 0 Å². The summed E-state index contributed by atoms with van der Waals surface area (Å²) < 4.78 is 0.925. The van der Waals surface area contributed by atoms with Gasteiger partial charge in [0.15, 0.2) is 0 Å². The number of halogens is 1. The minimum atomic E-state index is -0.0853. The molecule has 1 aromatic carbocycles. The summed E-state index contributed by atoms with van der Waals surface area (Å²) in [6, 6.07) is 7.45. The molecule has 5 heteroatoms. The van der Waals surface area contributed by atoms with Crippen molar-refractivity contribution in [1.82, 2.24) is 4.90 Å². The summed E-state index contributed by atoms with van der Waals surface area (Å²) in [6.07, 6.45) is 0. The van der Waals surface area contributed by atoms with Gasteiger partial charge in [-0.1, -0.05) is 22.0 Å². The molecule has 90 valence electrons. The normalized spacial score (nSPS) is 15.3. The zero-order chi connectivity index (χ0) is 12.4. The van der Waals surface area contributed by atoms with Crippen molar-refractivity contribution in [2.24, 2.45) is 5.92 Å². The summed E-state index contributed by atoms with van der Waals surface area (Å²) in [4.78, 5) is 24.5. The Labute approximate surface area is 108 Å². The fraction of sp³-hybridized carbons (Fsp3) is 0.333. The van der Waals surface area contributed by atoms with Gasteiger partial charge < -0.3 is 10.2 Å². The number of carbonyl (C=O) groups is 2. The number of hydrogen-bond donors (Lipinski definition) is 1. The van der Waals surface area contributed by atoms with E-state index in [4.69, 9.17) is 0 Å². The molecule has 1 fully saturated rings. The minimum absolute atomic E-state index is 0.0245. The summed E-state index contributed by atoms with van der Waals surface area (Å²) >= 11 is 3.34. The van der Waals surface area contributed by atoms with E-state index in [-0.39, 0.29) is 17.7 Å². The standard InChI is InChI=1S/C12H13BrN2O2/c1-8(16)15-6-9(7-15)12(17)14-11-4-2-3-10(13)5-11/h2-5,9H,6-7H2,1H3,(H,14,17). The molecular formula is C12H13BrN2O2. The molecule has 1 heterocycles. The number of nitrogens with zero attached hydrogens (tertiary/aromatic N) is 1. The maximum Gasteiger partial charge on any atom is 0.231 e. The molecule has 2 amide bonds. The Bertz CT molecular complexity index is 456. The first-order valence-electron chi connectivity index (χ1n) is 5.38. The van der Waals surface area contributed by atoms with Crippen LogP contribution in [0.25, 0.3) is 0 Å². The van der Waals surface area contributed by atoms with Crippen LogP contribution in [0.3, 0.4) is 0 Å². The molecule has 1 N–H and O–H groups in total. The van der Waals surface area contributed by atoms with Crippen molar-refractivity contribution < 1.29 is 9.59 Å². The Morgan fingerprint density at radius 3 is 2.71 bits per heavy atom. The van der Waals surface area contributed by atoms with Gasteiger partial charge in [0.25, 0.3) is 0 Å². The smallest absolute Gasteiger partial charge is 0.231 e. The molecule has 0 bridgehead atoms. The van der Waals surface area contributed by atoms with Crippen LogP contribution in [0.5, 0.6) is 0 Å². The van der Waals surface area contributed by atoms with Crippen molar-refractivity contribution in [3.05, 3.63) is 28.7 Å². The van der Waals surface area contributed by atoms with E-state index in [0.717, 1.165) is 10.2 Å². The minimum Gasteiger partial charge on any atom is -0.341 e. The molecule has 2 rings (SSSR count). The molecular weight excluding hydrogens is 284 g/mol. The lowest BCUT2D eigenvalue weighted by Gasteiger charge is -2.37. The predicted octanol–water partition coefficient (Wildman–Crippen LogP) is 1.87. The van der Waals surface area contributed by atoms with Gasteiger partial charge >= 0.3 is 0 Å². The van der Waals surface area contributed by atoms with Crippen LogP contribution in [0.1, 0.15) is 6.92 Å². The number of likely N-dealkylation sites (tertiary alicyclic amines) is 1. The van der Waals surface area contributed by atoms with E-state index in [1.54, 1.807) is 4.90 Å². The SMILES string of the molecule is CC(=O)N1CC(C(=O)Nc2cccc(Br)c2)C1. The Balaban J connectivity index is 1.89. The molecule has 0 radical (unpaired) electrons. The van der Waals surface area contributed by atoms with Crippen LogP contribution >= 0.6 is 15.9 Å². The van der Waals surface area contributed by atoms with Crippen LogP contribution in [-0.4, -0.2) is 29.8 Å². The third kappa shape index (κ3) is 2.85. The van der Waals surface area contributed by atoms with E-state index in [0.29, 0.717) is 13.1 Å². The van der Waals surface area contributed by atoms with E-state index in [1.807, 2.05) is 24.3 Å². The monoisotopic (exact) mass is 296 g/mol. The van der Waals surface area contributed by atoms with Gasteiger partial charge in [0.2, 0.25) is 11.8 Å². The fourth-order valence-electron chi connectivity index (χ4n) is 1.71. The Morgan fingerprint density at radius 1 is 1.41 bits per heavy atom. The first-order chi connectivity index (χ1) is 8.06. The number of rotatable bonds is 2. The van der Waals surface area contributed by atoms with Crippen LogP contribution in [-0.2, 0) is 9.59 Å². The van der Waals surface area contributed by atoms with Crippen LogP contribution in [0, 0.1) is 5.92 Å². The van der Waals surface area contributed by atoms with Crippen LogP contribution in [0.2, 0.25) is 0 Å². The second-order valence-corrected chi connectivity index (χ2v) is 5.04. The highest BCUT2D eigenvalue weighted by atomic mass is 79.9. The molecule has 0 unspecified atom stereocenters. The summed E-state index contributed by atoms with van der Waals surface area (Å²) in [5.74, 6) is -0.0880. The number of hydrogen-bond acceptors (Lipinski definition) is 2. The topological polar surface area (TPSA) is 49.4 Å². The molecule has 1 aliphatic rings. The molecule has 0 spiro atoms. The quantitative estimate of drug-likeness (QED) is 0.906. The van der Waals surface area contributed by atoms with Gasteiger partial charge in [-0.15, -0.1) is 0 Å². The highest BCUT2D eigenvalue weighted by molar-refractivity contribution is 9.10. The van der Waals surface area contributed by atoms with E-state index in [1.165, 1.54) is 6.92 Å². The summed E-state index contributed by atoms with van der Waals surface area (Å²) in [7, 11) is 0. The summed E-state index contributed by atoms with van der Waals surface area (Å²) in [6.45, 7) is 2.56. The van der Waals surface area contributed by atoms with Gasteiger partial charge in [-0.2, -0.15) is 0 Å². The maximum atomic E-state index is 11.8. The van der Waals surface area contributed by atoms with Gasteiger partial charge in [-0.05, 0) is 18.2 Å². The number of carbonyl (C=O) groups excluding carboxylic acids is 2. The van der Waals surface area contributed by atoms with Crippen molar-refractivity contribution in [2.45, 2.75) is 6.92 Å². The third-order valence-electron chi connectivity index (χ3n) is 2.79. The van der Waals surface area contributed by atoms with Crippen LogP contribution < -0.4 is 5.32 Å². The second kappa shape index (κ2) is 4.87. The van der Waals surface area contributed by atoms with Gasteiger partial charge in [-0.3, -0.25) is 9.59 Å². The van der Waals surface area contributed by atoms with E-state index in [9.17, 15) is 9.59 Å². The van der Waals surface area contributed by atoms with E-state index >= 15 is 0 Å². The van der Waals surface area contributed by atoms with Gasteiger partial charge in [0, 0.05) is 30.2 Å². The first kappa shape index (κ1) is 12.1. The average molecular weight is 297 g/mol. The third-order valence-corrected chi connectivity index (χ3v) is 3.28. The summed E-state index contributed by atoms with van der Waals surface area (Å²) in [5.41, 5.74) is 0.769. The van der Waals surface area contributed by atoms with Crippen molar-refractivity contribution >= 4 is 33.4 Å². The maximum absolute atomic E-state index is 11.8. The lowest BCUT2D eigenvalue weighted by Crippen LogP contribution is -2.53. The van der Waals surface area contributed by atoms with Crippen molar-refractivity contribution in [1.29, 1.82) is 0 Å². The van der Waals surface area contributed by atoms with Crippen molar-refractivity contribution in [2.75, 3.05) is 18.4 Å². The molecule has 1 aliphatic heterocycles.